The number of carbonyl (C=O) groups excluding carboxylic acids is 1. The van der Waals surface area contributed by atoms with Gasteiger partial charge in [-0.05, 0) is 75.6 Å². The Morgan fingerprint density at radius 3 is 2.41 bits per heavy atom. The number of amides is 1. The molecule has 0 saturated carbocycles. The summed E-state index contributed by atoms with van der Waals surface area (Å²) in [7, 11) is 0. The molecule has 0 atom stereocenters. The number of aryl methyl sites for hydroxylation is 4. The highest BCUT2D eigenvalue weighted by atomic mass is 19.1. The van der Waals surface area contributed by atoms with Gasteiger partial charge >= 0.3 is 0 Å². The van der Waals surface area contributed by atoms with E-state index in [-0.39, 0.29) is 18.1 Å². The fraction of sp³-hybridized carbons (Fsp3) is 0.269. The largest absolute Gasteiger partial charge is 0.489 e. The van der Waals surface area contributed by atoms with Crippen molar-refractivity contribution in [2.45, 2.75) is 47.8 Å². The molecular weight excluding hydrogens is 435 g/mol. The molecule has 2 aromatic heterocycles. The summed E-state index contributed by atoms with van der Waals surface area (Å²) in [4.78, 5) is 13.1. The SMILES string of the molecule is Cc1cc(C)cc(OCc2c(C(=O)Nc3c(C)nn(Cc4ccc(F)cc4)c3C)noc2C)c1. The summed E-state index contributed by atoms with van der Waals surface area (Å²) in [5.74, 6) is 0.557. The first-order valence-corrected chi connectivity index (χ1v) is 11.0. The van der Waals surface area contributed by atoms with Crippen LogP contribution in [-0.4, -0.2) is 20.8 Å². The van der Waals surface area contributed by atoms with Gasteiger partial charge in [0.1, 0.15) is 23.9 Å². The predicted octanol–water partition coefficient (Wildman–Crippen LogP) is 5.43. The molecule has 0 fully saturated rings. The minimum absolute atomic E-state index is 0.156. The molecule has 1 amide bonds. The molecule has 34 heavy (non-hydrogen) atoms. The Kier molecular flexibility index (Phi) is 6.49. The van der Waals surface area contributed by atoms with E-state index in [9.17, 15) is 9.18 Å². The van der Waals surface area contributed by atoms with E-state index < -0.39 is 5.91 Å². The Morgan fingerprint density at radius 2 is 1.74 bits per heavy atom. The predicted molar refractivity (Wildman–Crippen MR) is 127 cm³/mol. The monoisotopic (exact) mass is 462 g/mol. The van der Waals surface area contributed by atoms with Gasteiger partial charge in [-0.2, -0.15) is 5.10 Å². The van der Waals surface area contributed by atoms with Crippen molar-refractivity contribution in [1.82, 2.24) is 14.9 Å². The summed E-state index contributed by atoms with van der Waals surface area (Å²) in [6.45, 7) is 10.1. The Morgan fingerprint density at radius 1 is 1.06 bits per heavy atom. The number of hydrogen-bond acceptors (Lipinski definition) is 5. The van der Waals surface area contributed by atoms with Crippen molar-refractivity contribution in [3.63, 3.8) is 0 Å². The standard InChI is InChI=1S/C26H27FN4O3/c1-15-10-16(2)12-22(11-15)33-14-23-19(5)34-30-25(23)26(32)28-24-17(3)29-31(18(24)4)13-20-6-8-21(27)9-7-20/h6-12H,13-14H2,1-5H3,(H,28,32). The Bertz CT molecular complexity index is 1320. The molecule has 8 heteroatoms. The van der Waals surface area contributed by atoms with E-state index in [2.05, 4.69) is 21.6 Å². The third-order valence-electron chi connectivity index (χ3n) is 5.64. The van der Waals surface area contributed by atoms with E-state index in [1.54, 1.807) is 23.7 Å². The van der Waals surface area contributed by atoms with Gasteiger partial charge in [-0.15, -0.1) is 0 Å². The van der Waals surface area contributed by atoms with Crippen LogP contribution in [0.1, 0.15) is 49.9 Å². The van der Waals surface area contributed by atoms with Gasteiger partial charge in [0.15, 0.2) is 5.69 Å². The number of rotatable bonds is 7. The van der Waals surface area contributed by atoms with Gasteiger partial charge in [0.2, 0.25) is 0 Å². The fourth-order valence-electron chi connectivity index (χ4n) is 3.88. The van der Waals surface area contributed by atoms with E-state index >= 15 is 0 Å². The van der Waals surface area contributed by atoms with Gasteiger partial charge in [-0.3, -0.25) is 9.48 Å². The molecule has 0 unspecified atom stereocenters. The zero-order valence-electron chi connectivity index (χ0n) is 19.9. The number of ether oxygens (including phenoxy) is 1. The van der Waals surface area contributed by atoms with Crippen LogP contribution in [0.2, 0.25) is 0 Å². The molecule has 2 aromatic carbocycles. The van der Waals surface area contributed by atoms with E-state index in [1.807, 2.05) is 39.8 Å². The van der Waals surface area contributed by atoms with Crippen molar-refractivity contribution < 1.29 is 18.4 Å². The van der Waals surface area contributed by atoms with Crippen LogP contribution in [0.5, 0.6) is 5.75 Å². The average molecular weight is 463 g/mol. The second-order valence-electron chi connectivity index (χ2n) is 8.46. The van der Waals surface area contributed by atoms with Gasteiger partial charge in [-0.1, -0.05) is 23.4 Å². The second kappa shape index (κ2) is 9.51. The van der Waals surface area contributed by atoms with Crippen molar-refractivity contribution in [2.75, 3.05) is 5.32 Å². The Balaban J connectivity index is 1.51. The first-order valence-electron chi connectivity index (χ1n) is 11.0. The highest BCUT2D eigenvalue weighted by molar-refractivity contribution is 6.04. The lowest BCUT2D eigenvalue weighted by molar-refractivity contribution is 0.101. The van der Waals surface area contributed by atoms with Gasteiger partial charge in [0.25, 0.3) is 5.91 Å². The van der Waals surface area contributed by atoms with Crippen LogP contribution in [0.15, 0.2) is 47.0 Å². The van der Waals surface area contributed by atoms with Crippen molar-refractivity contribution in [1.29, 1.82) is 0 Å². The Hall–Kier alpha value is -3.94. The summed E-state index contributed by atoms with van der Waals surface area (Å²) in [5.41, 5.74) is 5.91. The van der Waals surface area contributed by atoms with E-state index in [1.165, 1.54) is 12.1 Å². The van der Waals surface area contributed by atoms with Gasteiger partial charge in [0.05, 0.1) is 29.2 Å². The number of carbonyl (C=O) groups is 1. The molecule has 0 bridgehead atoms. The number of nitrogens with one attached hydrogen (secondary N) is 1. The number of benzene rings is 2. The maximum absolute atomic E-state index is 13.2. The quantitative estimate of drug-likeness (QED) is 0.396. The van der Waals surface area contributed by atoms with Crippen LogP contribution >= 0.6 is 0 Å². The van der Waals surface area contributed by atoms with Crippen LogP contribution in [0, 0.1) is 40.4 Å². The van der Waals surface area contributed by atoms with E-state index in [0.29, 0.717) is 29.2 Å². The molecule has 0 aliphatic heterocycles. The third-order valence-corrected chi connectivity index (χ3v) is 5.64. The van der Waals surface area contributed by atoms with Crippen molar-refractivity contribution in [3.05, 3.63) is 93.4 Å². The molecule has 4 rings (SSSR count). The number of aromatic nitrogens is 3. The summed E-state index contributed by atoms with van der Waals surface area (Å²) >= 11 is 0. The van der Waals surface area contributed by atoms with Gasteiger partial charge in [-0.25, -0.2) is 4.39 Å². The van der Waals surface area contributed by atoms with Gasteiger partial charge < -0.3 is 14.6 Å². The molecule has 0 aliphatic rings. The molecule has 0 saturated heterocycles. The summed E-state index contributed by atoms with van der Waals surface area (Å²) < 4.78 is 26.2. The first-order chi connectivity index (χ1) is 16.2. The third kappa shape index (κ3) is 5.01. The van der Waals surface area contributed by atoms with Crippen LogP contribution in [-0.2, 0) is 13.2 Å². The lowest BCUT2D eigenvalue weighted by Gasteiger charge is -2.09. The number of anilines is 1. The summed E-state index contributed by atoms with van der Waals surface area (Å²) in [5, 5.41) is 11.4. The molecular formula is C26H27FN4O3. The lowest BCUT2D eigenvalue weighted by Crippen LogP contribution is -2.16. The maximum atomic E-state index is 13.2. The van der Waals surface area contributed by atoms with Crippen molar-refractivity contribution in [3.8, 4) is 5.75 Å². The van der Waals surface area contributed by atoms with E-state index in [0.717, 1.165) is 28.1 Å². The van der Waals surface area contributed by atoms with Gasteiger partial charge in [0, 0.05) is 0 Å². The number of nitrogens with zero attached hydrogens (tertiary/aromatic N) is 3. The van der Waals surface area contributed by atoms with E-state index in [4.69, 9.17) is 9.26 Å². The van der Waals surface area contributed by atoms with Crippen LogP contribution in [0.3, 0.4) is 0 Å². The number of hydrogen-bond donors (Lipinski definition) is 1. The minimum Gasteiger partial charge on any atom is -0.489 e. The minimum atomic E-state index is -0.400. The smallest absolute Gasteiger partial charge is 0.278 e. The molecule has 0 radical (unpaired) electrons. The van der Waals surface area contributed by atoms with Crippen molar-refractivity contribution >= 4 is 11.6 Å². The molecule has 0 aliphatic carbocycles. The van der Waals surface area contributed by atoms with Crippen LogP contribution < -0.4 is 10.1 Å². The van der Waals surface area contributed by atoms with Crippen LogP contribution in [0.4, 0.5) is 10.1 Å². The summed E-state index contributed by atoms with van der Waals surface area (Å²) in [6.07, 6.45) is 0. The van der Waals surface area contributed by atoms with Crippen molar-refractivity contribution in [2.24, 2.45) is 0 Å². The highest BCUT2D eigenvalue weighted by Gasteiger charge is 2.23. The number of halogens is 1. The second-order valence-corrected chi connectivity index (χ2v) is 8.46. The Labute approximate surface area is 197 Å². The average Bonchev–Trinajstić information content (AvgIpc) is 3.27. The zero-order valence-corrected chi connectivity index (χ0v) is 19.9. The normalized spacial score (nSPS) is 11.0. The van der Waals surface area contributed by atoms with Crippen LogP contribution in [0.25, 0.3) is 0 Å². The molecule has 0 spiro atoms. The molecule has 7 nitrogen and oxygen atoms in total. The fourth-order valence-corrected chi connectivity index (χ4v) is 3.88. The molecule has 2 heterocycles. The lowest BCUT2D eigenvalue weighted by atomic mass is 10.1. The highest BCUT2D eigenvalue weighted by Crippen LogP contribution is 2.24. The molecule has 176 valence electrons. The molecule has 4 aromatic rings. The first kappa shape index (κ1) is 23.2. The zero-order chi connectivity index (χ0) is 24.4. The maximum Gasteiger partial charge on any atom is 0.278 e. The molecule has 1 N–H and O–H groups in total. The topological polar surface area (TPSA) is 82.2 Å². The summed E-state index contributed by atoms with van der Waals surface area (Å²) in [6, 6.07) is 12.2.